The second-order valence-electron chi connectivity index (χ2n) is 16.5. The highest BCUT2D eigenvalue weighted by Crippen LogP contribution is 2.48. The van der Waals surface area contributed by atoms with E-state index in [2.05, 4.69) is 25.3 Å². The minimum Gasteiger partial charge on any atom is -0.497 e. The van der Waals surface area contributed by atoms with Crippen LogP contribution in [-0.2, 0) is 29.1 Å². The van der Waals surface area contributed by atoms with E-state index in [4.69, 9.17) is 14.2 Å². The number of nitrogens with zero attached hydrogens (tertiary/aromatic N) is 3. The van der Waals surface area contributed by atoms with Crippen LogP contribution in [0.3, 0.4) is 0 Å². The van der Waals surface area contributed by atoms with E-state index in [1.807, 2.05) is 13.0 Å². The van der Waals surface area contributed by atoms with Crippen LogP contribution in [0.1, 0.15) is 79.6 Å². The topological polar surface area (TPSA) is 195 Å². The summed E-state index contributed by atoms with van der Waals surface area (Å²) in [4.78, 5) is 66.0. The number of amides is 4. The average Bonchev–Trinajstić information content (AvgIpc) is 4.01. The predicted molar refractivity (Wildman–Crippen MR) is 199 cm³/mol. The number of carbonyl (C=O) groups is 4. The number of hydrogen-bond acceptors (Lipinski definition) is 11. The Kier molecular flexibility index (Phi) is 11.2. The van der Waals surface area contributed by atoms with Gasteiger partial charge in [0.25, 0.3) is 5.91 Å². The van der Waals surface area contributed by atoms with Crippen LogP contribution in [0.5, 0.6) is 11.6 Å². The maximum absolute atomic E-state index is 14.6. The van der Waals surface area contributed by atoms with Crippen LogP contribution in [0.25, 0.3) is 11.0 Å². The molecule has 0 spiro atoms. The van der Waals surface area contributed by atoms with Crippen molar-refractivity contribution in [2.45, 2.75) is 120 Å². The number of halogens is 3. The minimum absolute atomic E-state index is 0.0338. The van der Waals surface area contributed by atoms with Gasteiger partial charge >= 0.3 is 12.3 Å². The molecule has 3 heterocycles. The molecular formula is C38H49F3N6O9S. The van der Waals surface area contributed by atoms with Crippen molar-refractivity contribution < 1.29 is 55.0 Å². The van der Waals surface area contributed by atoms with Crippen LogP contribution in [-0.4, -0.2) is 101 Å². The number of hydrogen-bond donors (Lipinski definition) is 3. The predicted octanol–water partition coefficient (Wildman–Crippen LogP) is 4.31. The van der Waals surface area contributed by atoms with Crippen molar-refractivity contribution in [3.63, 3.8) is 0 Å². The van der Waals surface area contributed by atoms with Gasteiger partial charge in [0.05, 0.1) is 35.6 Å². The lowest BCUT2D eigenvalue weighted by Gasteiger charge is -2.33. The van der Waals surface area contributed by atoms with Crippen molar-refractivity contribution in [3.05, 3.63) is 36.5 Å². The molecule has 2 aliphatic heterocycles. The monoisotopic (exact) mass is 822 g/mol. The Morgan fingerprint density at radius 2 is 1.79 bits per heavy atom. The van der Waals surface area contributed by atoms with Crippen LogP contribution in [0.2, 0.25) is 0 Å². The third-order valence-corrected chi connectivity index (χ3v) is 13.7. The molecule has 0 radical (unpaired) electrons. The standard InChI is InChI=1S/C38H49F3N6O9S/c1-21-8-7-9-22(2)30(44-34(51)56-35(3,4)38(39,40)41)32(49)47-20-25(55-29-19-42-26-13-12-24(54-6)16-27(26)43-29)17-28(47)31(48)45-37(18-23(37)11-10-21)33(50)46-57(52,53)36(5)14-15-36/h10-13,16,19,21-23,25,28,30H,7-9,14-15,17-18,20H2,1-6H3,(H,44,51)(H,45,48)(H,46,50). The zero-order valence-electron chi connectivity index (χ0n) is 32.6. The van der Waals surface area contributed by atoms with Crippen LogP contribution in [0.4, 0.5) is 18.0 Å². The number of benzene rings is 1. The first-order valence-corrected chi connectivity index (χ1v) is 20.5. The molecule has 19 heteroatoms. The van der Waals surface area contributed by atoms with Gasteiger partial charge in [0.1, 0.15) is 29.5 Å². The Morgan fingerprint density at radius 1 is 1.07 bits per heavy atom. The average molecular weight is 823 g/mol. The van der Waals surface area contributed by atoms with Gasteiger partial charge in [0.15, 0.2) is 0 Å². The fourth-order valence-electron chi connectivity index (χ4n) is 7.19. The molecule has 312 valence electrons. The van der Waals surface area contributed by atoms with Crippen LogP contribution < -0.4 is 24.8 Å². The van der Waals surface area contributed by atoms with E-state index in [1.165, 1.54) is 20.2 Å². The third-order valence-electron chi connectivity index (χ3n) is 11.6. The van der Waals surface area contributed by atoms with Crippen molar-refractivity contribution in [1.82, 2.24) is 30.2 Å². The van der Waals surface area contributed by atoms with Crippen molar-refractivity contribution >= 4 is 44.9 Å². The number of aromatic nitrogens is 2. The molecule has 2 aromatic rings. The molecule has 7 atom stereocenters. The number of ether oxygens (including phenoxy) is 3. The molecule has 57 heavy (non-hydrogen) atoms. The molecule has 6 rings (SSSR count). The molecule has 0 bridgehead atoms. The summed E-state index contributed by atoms with van der Waals surface area (Å²) < 4.78 is 84.7. The first-order chi connectivity index (χ1) is 26.6. The van der Waals surface area contributed by atoms with Gasteiger partial charge in [0.2, 0.25) is 33.3 Å². The van der Waals surface area contributed by atoms with E-state index in [9.17, 15) is 40.8 Å². The van der Waals surface area contributed by atoms with Crippen LogP contribution in [0, 0.1) is 17.8 Å². The summed E-state index contributed by atoms with van der Waals surface area (Å²) in [5, 5.41) is 5.14. The molecule has 4 amide bonds. The summed E-state index contributed by atoms with van der Waals surface area (Å²) in [6.07, 6.45) is 0.0130. The van der Waals surface area contributed by atoms with Gasteiger partial charge in [0, 0.05) is 18.4 Å². The Hall–Kier alpha value is -4.68. The third kappa shape index (κ3) is 8.77. The highest BCUT2D eigenvalue weighted by Gasteiger charge is 2.63. The Morgan fingerprint density at radius 3 is 2.46 bits per heavy atom. The van der Waals surface area contributed by atoms with E-state index in [0.717, 1.165) is 4.90 Å². The molecule has 4 aliphatic rings. The summed E-state index contributed by atoms with van der Waals surface area (Å²) in [5.74, 6) is -3.12. The Balaban J connectivity index is 1.33. The molecule has 15 nitrogen and oxygen atoms in total. The van der Waals surface area contributed by atoms with Gasteiger partial charge in [-0.3, -0.25) is 19.1 Å². The lowest BCUT2D eigenvalue weighted by molar-refractivity contribution is -0.244. The lowest BCUT2D eigenvalue weighted by Crippen LogP contribution is -2.59. The molecule has 2 saturated carbocycles. The van der Waals surface area contributed by atoms with Gasteiger partial charge < -0.3 is 29.7 Å². The van der Waals surface area contributed by atoms with Crippen LogP contribution in [0.15, 0.2) is 36.5 Å². The fourth-order valence-corrected chi connectivity index (χ4v) is 8.50. The van der Waals surface area contributed by atoms with Gasteiger partial charge in [-0.05, 0) is 76.8 Å². The first kappa shape index (κ1) is 41.9. The van der Waals surface area contributed by atoms with Gasteiger partial charge in [-0.1, -0.05) is 32.4 Å². The maximum Gasteiger partial charge on any atom is 0.427 e. The summed E-state index contributed by atoms with van der Waals surface area (Å²) in [7, 11) is -2.58. The number of rotatable bonds is 8. The summed E-state index contributed by atoms with van der Waals surface area (Å²) in [5.41, 5.74) is -3.55. The molecule has 1 aromatic carbocycles. The molecule has 1 saturated heterocycles. The Bertz CT molecular complexity index is 2060. The van der Waals surface area contributed by atoms with Crippen molar-refractivity contribution in [2.24, 2.45) is 17.8 Å². The molecule has 3 N–H and O–H groups in total. The van der Waals surface area contributed by atoms with E-state index in [0.29, 0.717) is 62.7 Å². The number of allylic oxidation sites excluding steroid dienone is 1. The van der Waals surface area contributed by atoms with Crippen LogP contribution >= 0.6 is 0 Å². The highest BCUT2D eigenvalue weighted by molar-refractivity contribution is 7.91. The zero-order valence-corrected chi connectivity index (χ0v) is 33.5. The molecule has 3 fully saturated rings. The van der Waals surface area contributed by atoms with Crippen molar-refractivity contribution in [2.75, 3.05) is 13.7 Å². The number of alkyl halides is 3. The highest BCUT2D eigenvalue weighted by atomic mass is 32.2. The molecule has 2 aliphatic carbocycles. The zero-order chi connectivity index (χ0) is 41.7. The van der Waals surface area contributed by atoms with E-state index >= 15 is 0 Å². The minimum atomic E-state index is -4.91. The summed E-state index contributed by atoms with van der Waals surface area (Å²) in [6.45, 7) is 6.28. The Labute approximate surface area is 328 Å². The number of alkyl carbamates (subject to hydrolysis) is 1. The quantitative estimate of drug-likeness (QED) is 0.321. The molecule has 7 unspecified atom stereocenters. The lowest BCUT2D eigenvalue weighted by atomic mass is 9.92. The smallest absolute Gasteiger partial charge is 0.427 e. The summed E-state index contributed by atoms with van der Waals surface area (Å²) >= 11 is 0. The van der Waals surface area contributed by atoms with E-state index < -0.39 is 85.9 Å². The van der Waals surface area contributed by atoms with Crippen molar-refractivity contribution in [1.29, 1.82) is 0 Å². The SMILES string of the molecule is COc1ccc2ncc(OC3CC4C(=O)NC5(C(=O)NS(=O)(=O)C6(C)CC6)CC5C=CC(C)CCCC(C)C(NC(=O)OC(C)(C)C(F)(F)F)C(=O)N4C3)nc2c1. The number of nitrogens with one attached hydrogen (secondary N) is 3. The molecule has 1 aromatic heterocycles. The second kappa shape index (κ2) is 15.2. The molecular weight excluding hydrogens is 774 g/mol. The normalized spacial score (nSPS) is 29.2. The number of methoxy groups -OCH3 is 1. The second-order valence-corrected chi connectivity index (χ2v) is 18.7. The number of sulfonamides is 1. The largest absolute Gasteiger partial charge is 0.497 e. The van der Waals surface area contributed by atoms with Gasteiger partial charge in [-0.15, -0.1) is 0 Å². The van der Waals surface area contributed by atoms with Gasteiger partial charge in [-0.25, -0.2) is 23.2 Å². The number of carbonyl (C=O) groups excluding carboxylic acids is 4. The fraction of sp³-hybridized carbons (Fsp3) is 0.632. The van der Waals surface area contributed by atoms with E-state index in [-0.39, 0.29) is 31.2 Å². The van der Waals surface area contributed by atoms with E-state index in [1.54, 1.807) is 31.2 Å². The first-order valence-electron chi connectivity index (χ1n) is 19.0. The maximum atomic E-state index is 14.6. The number of fused-ring (bicyclic) bond motifs is 3. The summed E-state index contributed by atoms with van der Waals surface area (Å²) in [6, 6.07) is 2.31. The van der Waals surface area contributed by atoms with Crippen molar-refractivity contribution in [3.8, 4) is 11.6 Å². The van der Waals surface area contributed by atoms with Gasteiger partial charge in [-0.2, -0.15) is 13.2 Å².